The maximum Gasteiger partial charge on any atom is 0.416 e. The Bertz CT molecular complexity index is 1550. The molecule has 1 aliphatic rings. The van der Waals surface area contributed by atoms with Gasteiger partial charge in [-0.1, -0.05) is 42.5 Å². The molecular weight excluding hydrogens is 471 g/mol. The van der Waals surface area contributed by atoms with Gasteiger partial charge in [-0.25, -0.2) is 0 Å². The molecule has 1 atom stereocenters. The molecule has 1 aromatic heterocycles. The second-order valence-corrected chi connectivity index (χ2v) is 8.47. The van der Waals surface area contributed by atoms with Gasteiger partial charge in [0.15, 0.2) is 5.43 Å². The fourth-order valence-electron chi connectivity index (χ4n) is 4.40. The third-order valence-electron chi connectivity index (χ3n) is 6.04. The second-order valence-electron chi connectivity index (χ2n) is 8.47. The zero-order chi connectivity index (χ0) is 25.6. The van der Waals surface area contributed by atoms with Crippen molar-refractivity contribution in [1.29, 1.82) is 0 Å². The number of benzene rings is 3. The highest BCUT2D eigenvalue weighted by atomic mass is 19.4. The minimum absolute atomic E-state index is 0.00199. The summed E-state index contributed by atoms with van der Waals surface area (Å²) in [4.78, 5) is 28.4. The average Bonchev–Trinajstić information content (AvgIpc) is 3.15. The molecule has 2 heterocycles. The summed E-state index contributed by atoms with van der Waals surface area (Å²) in [6, 6.07) is 15.2. The van der Waals surface area contributed by atoms with Crippen molar-refractivity contribution in [2.45, 2.75) is 19.1 Å². The first-order valence-corrected chi connectivity index (χ1v) is 11.1. The number of nitrogens with zero attached hydrogens (tertiary/aromatic N) is 1. The van der Waals surface area contributed by atoms with Crippen LogP contribution in [0.3, 0.4) is 0 Å². The molecule has 0 saturated carbocycles. The van der Waals surface area contributed by atoms with Gasteiger partial charge in [0.05, 0.1) is 22.6 Å². The highest BCUT2D eigenvalue weighted by Gasteiger charge is 2.44. The van der Waals surface area contributed by atoms with Crippen LogP contribution in [0.4, 0.5) is 18.9 Å². The SMILES string of the molecule is C=CCOc1ccc(C2c3c(oc4ccc(C)cc4c3=O)C(=O)N2c2cccc(C(F)(F)F)c2)cc1. The van der Waals surface area contributed by atoms with E-state index in [1.807, 2.05) is 6.92 Å². The number of anilines is 1. The normalized spacial score (nSPS) is 15.3. The Hall–Kier alpha value is -4.33. The van der Waals surface area contributed by atoms with Crippen molar-refractivity contribution >= 4 is 22.6 Å². The van der Waals surface area contributed by atoms with E-state index in [4.69, 9.17) is 9.15 Å². The fraction of sp³-hybridized carbons (Fsp3) is 0.143. The third kappa shape index (κ3) is 3.94. The summed E-state index contributed by atoms with van der Waals surface area (Å²) in [6.45, 7) is 5.72. The lowest BCUT2D eigenvalue weighted by Gasteiger charge is -2.26. The maximum absolute atomic E-state index is 13.7. The lowest BCUT2D eigenvalue weighted by Crippen LogP contribution is -2.29. The maximum atomic E-state index is 13.7. The molecule has 1 amide bonds. The Morgan fingerprint density at radius 1 is 1.06 bits per heavy atom. The van der Waals surface area contributed by atoms with E-state index in [1.165, 1.54) is 17.0 Å². The van der Waals surface area contributed by atoms with Crippen LogP contribution in [0.5, 0.6) is 5.75 Å². The third-order valence-corrected chi connectivity index (χ3v) is 6.04. The van der Waals surface area contributed by atoms with Crippen LogP contribution in [0.1, 0.15) is 38.9 Å². The van der Waals surface area contributed by atoms with Gasteiger partial charge in [0.1, 0.15) is 17.9 Å². The van der Waals surface area contributed by atoms with Crippen LogP contribution >= 0.6 is 0 Å². The van der Waals surface area contributed by atoms with Crippen molar-refractivity contribution in [3.8, 4) is 5.75 Å². The van der Waals surface area contributed by atoms with Crippen LogP contribution < -0.4 is 15.1 Å². The molecule has 3 aromatic carbocycles. The summed E-state index contributed by atoms with van der Waals surface area (Å²) < 4.78 is 51.8. The minimum Gasteiger partial charge on any atom is -0.490 e. The van der Waals surface area contributed by atoms with E-state index in [1.54, 1.807) is 48.5 Å². The van der Waals surface area contributed by atoms with Crippen LogP contribution in [-0.4, -0.2) is 12.5 Å². The monoisotopic (exact) mass is 491 g/mol. The molecule has 1 unspecified atom stereocenters. The van der Waals surface area contributed by atoms with Crippen LogP contribution in [0, 0.1) is 6.92 Å². The topological polar surface area (TPSA) is 59.8 Å². The van der Waals surface area contributed by atoms with Crippen LogP contribution in [-0.2, 0) is 6.18 Å². The molecule has 36 heavy (non-hydrogen) atoms. The molecule has 0 spiro atoms. The van der Waals surface area contributed by atoms with Gasteiger partial charge in [-0.15, -0.1) is 0 Å². The van der Waals surface area contributed by atoms with Crippen molar-refractivity contribution in [3.63, 3.8) is 0 Å². The molecule has 0 bridgehead atoms. The lowest BCUT2D eigenvalue weighted by molar-refractivity contribution is -0.137. The number of halogens is 3. The van der Waals surface area contributed by atoms with Gasteiger partial charge in [0.2, 0.25) is 5.76 Å². The fourth-order valence-corrected chi connectivity index (χ4v) is 4.40. The zero-order valence-corrected chi connectivity index (χ0v) is 19.1. The largest absolute Gasteiger partial charge is 0.490 e. The Balaban J connectivity index is 1.73. The summed E-state index contributed by atoms with van der Waals surface area (Å²) in [7, 11) is 0. The molecule has 8 heteroatoms. The first-order valence-electron chi connectivity index (χ1n) is 11.1. The molecule has 5 nitrogen and oxygen atoms in total. The molecule has 4 aromatic rings. The molecule has 0 radical (unpaired) electrons. The van der Waals surface area contributed by atoms with E-state index in [2.05, 4.69) is 6.58 Å². The lowest BCUT2D eigenvalue weighted by atomic mass is 9.97. The molecule has 0 aliphatic carbocycles. The number of amides is 1. The number of aryl methyl sites for hydroxylation is 1. The Morgan fingerprint density at radius 3 is 2.50 bits per heavy atom. The Kier molecular flexibility index (Phi) is 5.67. The smallest absolute Gasteiger partial charge is 0.416 e. The zero-order valence-electron chi connectivity index (χ0n) is 19.1. The van der Waals surface area contributed by atoms with E-state index >= 15 is 0 Å². The van der Waals surface area contributed by atoms with E-state index in [-0.39, 0.29) is 29.2 Å². The number of alkyl halides is 3. The van der Waals surface area contributed by atoms with Crippen LogP contribution in [0.25, 0.3) is 11.0 Å². The summed E-state index contributed by atoms with van der Waals surface area (Å²) in [5, 5.41) is 0.295. The van der Waals surface area contributed by atoms with Gasteiger partial charge < -0.3 is 9.15 Å². The average molecular weight is 491 g/mol. The van der Waals surface area contributed by atoms with E-state index in [0.29, 0.717) is 16.7 Å². The molecule has 1 aliphatic heterocycles. The predicted octanol–water partition coefficient (Wildman–Crippen LogP) is 6.43. The number of hydrogen-bond donors (Lipinski definition) is 0. The number of fused-ring (bicyclic) bond motifs is 2. The van der Waals surface area contributed by atoms with Gasteiger partial charge in [-0.05, 0) is 55.0 Å². The Morgan fingerprint density at radius 2 is 1.81 bits per heavy atom. The number of rotatable bonds is 5. The highest BCUT2D eigenvalue weighted by Crippen LogP contribution is 2.43. The van der Waals surface area contributed by atoms with E-state index < -0.39 is 29.1 Å². The van der Waals surface area contributed by atoms with E-state index in [9.17, 15) is 22.8 Å². The van der Waals surface area contributed by atoms with Crippen LogP contribution in [0.15, 0.2) is 88.6 Å². The van der Waals surface area contributed by atoms with Crippen molar-refractivity contribution in [3.05, 3.63) is 118 Å². The first kappa shape index (κ1) is 23.4. The van der Waals surface area contributed by atoms with Crippen molar-refractivity contribution in [2.75, 3.05) is 11.5 Å². The van der Waals surface area contributed by atoms with Crippen molar-refractivity contribution < 1.29 is 27.1 Å². The highest BCUT2D eigenvalue weighted by molar-refractivity contribution is 6.10. The first-order chi connectivity index (χ1) is 17.2. The van der Waals surface area contributed by atoms with Gasteiger partial charge in [-0.3, -0.25) is 14.5 Å². The molecule has 0 saturated heterocycles. The second kappa shape index (κ2) is 8.71. The number of carbonyl (C=O) groups excluding carboxylic acids is 1. The van der Waals surface area contributed by atoms with Gasteiger partial charge >= 0.3 is 6.18 Å². The van der Waals surface area contributed by atoms with Crippen molar-refractivity contribution in [2.24, 2.45) is 0 Å². The number of hydrogen-bond acceptors (Lipinski definition) is 4. The number of ether oxygens (including phenoxy) is 1. The Labute approximate surface area is 204 Å². The van der Waals surface area contributed by atoms with Gasteiger partial charge in [-0.2, -0.15) is 13.2 Å². The molecule has 182 valence electrons. The molecule has 5 rings (SSSR count). The molecular formula is C28H20F3NO4. The number of carbonyl (C=O) groups is 1. The van der Waals surface area contributed by atoms with Gasteiger partial charge in [0, 0.05) is 5.69 Å². The van der Waals surface area contributed by atoms with Crippen molar-refractivity contribution in [1.82, 2.24) is 0 Å². The summed E-state index contributed by atoms with van der Waals surface area (Å²) in [6.07, 6.45) is -3.01. The minimum atomic E-state index is -4.61. The summed E-state index contributed by atoms with van der Waals surface area (Å²) in [5.74, 6) is -0.346. The molecule has 0 N–H and O–H groups in total. The molecule has 0 fully saturated rings. The standard InChI is InChI=1S/C28H20F3NO4/c1-3-13-35-20-10-8-17(9-11-20)24-23-25(33)21-14-16(2)7-12-22(21)36-26(23)27(34)32(24)19-6-4-5-18(15-19)28(29,30)31/h3-12,14-15,24H,1,13H2,2H3. The summed E-state index contributed by atoms with van der Waals surface area (Å²) in [5.41, 5.74) is 0.341. The summed E-state index contributed by atoms with van der Waals surface area (Å²) >= 11 is 0. The van der Waals surface area contributed by atoms with E-state index in [0.717, 1.165) is 17.7 Å². The van der Waals surface area contributed by atoms with Crippen LogP contribution in [0.2, 0.25) is 0 Å². The van der Waals surface area contributed by atoms with Gasteiger partial charge in [0.25, 0.3) is 5.91 Å². The quantitative estimate of drug-likeness (QED) is 0.302. The predicted molar refractivity (Wildman–Crippen MR) is 129 cm³/mol.